The number of aryl methyl sites for hydroxylation is 1. The lowest BCUT2D eigenvalue weighted by molar-refractivity contribution is 0.218. The van der Waals surface area contributed by atoms with Crippen molar-refractivity contribution in [2.75, 3.05) is 25.1 Å². The molecule has 5 nitrogen and oxygen atoms in total. The van der Waals surface area contributed by atoms with Crippen LogP contribution in [0.5, 0.6) is 5.75 Å². The Morgan fingerprint density at radius 3 is 2.83 bits per heavy atom. The average Bonchev–Trinajstić information content (AvgIpc) is 2.91. The zero-order valence-electron chi connectivity index (χ0n) is 13.1. The van der Waals surface area contributed by atoms with Gasteiger partial charge in [-0.2, -0.15) is 0 Å². The van der Waals surface area contributed by atoms with E-state index in [1.165, 1.54) is 0 Å². The number of halogens is 1. The van der Waals surface area contributed by atoms with Gasteiger partial charge in [-0.1, -0.05) is 12.1 Å². The van der Waals surface area contributed by atoms with Crippen LogP contribution in [0.2, 0.25) is 0 Å². The molecule has 0 spiro atoms. The maximum Gasteiger partial charge on any atom is 0.326 e. The summed E-state index contributed by atoms with van der Waals surface area (Å²) in [6, 6.07) is 11.6. The number of amides is 2. The molecule has 1 saturated heterocycles. The second kappa shape index (κ2) is 6.58. The molecule has 0 bridgehead atoms. The first-order valence-corrected chi connectivity index (χ1v) is 8.20. The highest BCUT2D eigenvalue weighted by Gasteiger charge is 2.30. The lowest BCUT2D eigenvalue weighted by Crippen LogP contribution is -2.32. The first kappa shape index (κ1) is 15.8. The van der Waals surface area contributed by atoms with Crippen LogP contribution in [0.1, 0.15) is 11.3 Å². The third-order valence-corrected chi connectivity index (χ3v) is 4.72. The van der Waals surface area contributed by atoms with Crippen LogP contribution < -0.4 is 9.64 Å². The van der Waals surface area contributed by atoms with Crippen LogP contribution in [0.25, 0.3) is 0 Å². The molecule has 0 atom stereocenters. The van der Waals surface area contributed by atoms with E-state index in [9.17, 15) is 4.79 Å². The van der Waals surface area contributed by atoms with Crippen LogP contribution in [0, 0.1) is 6.92 Å². The van der Waals surface area contributed by atoms with Crippen molar-refractivity contribution in [2.45, 2.75) is 13.5 Å². The molecule has 0 unspecified atom stereocenters. The van der Waals surface area contributed by atoms with Crippen molar-refractivity contribution in [3.63, 3.8) is 0 Å². The number of carbonyl (C=O) groups is 1. The van der Waals surface area contributed by atoms with Crippen molar-refractivity contribution in [3.8, 4) is 5.75 Å². The summed E-state index contributed by atoms with van der Waals surface area (Å²) >= 11 is 3.43. The highest BCUT2D eigenvalue weighted by Crippen LogP contribution is 2.24. The highest BCUT2D eigenvalue weighted by molar-refractivity contribution is 9.10. The predicted molar refractivity (Wildman–Crippen MR) is 92.8 cm³/mol. The van der Waals surface area contributed by atoms with Crippen LogP contribution in [-0.4, -0.2) is 36.1 Å². The van der Waals surface area contributed by atoms with Gasteiger partial charge in [-0.25, -0.2) is 9.78 Å². The van der Waals surface area contributed by atoms with Crippen LogP contribution in [0.15, 0.2) is 40.9 Å². The average molecular weight is 376 g/mol. The molecule has 120 valence electrons. The maximum atomic E-state index is 12.6. The second-order valence-corrected chi connectivity index (χ2v) is 6.30. The number of pyridine rings is 1. The van der Waals surface area contributed by atoms with Gasteiger partial charge in [0.05, 0.1) is 12.8 Å². The number of nitrogens with zero attached hydrogens (tertiary/aromatic N) is 3. The van der Waals surface area contributed by atoms with Crippen LogP contribution in [-0.2, 0) is 6.54 Å². The van der Waals surface area contributed by atoms with E-state index in [4.69, 9.17) is 4.74 Å². The van der Waals surface area contributed by atoms with Gasteiger partial charge in [0, 0.05) is 24.1 Å². The molecule has 1 aliphatic heterocycles. The summed E-state index contributed by atoms with van der Waals surface area (Å²) in [5.74, 6) is 1.50. The van der Waals surface area contributed by atoms with Gasteiger partial charge in [-0.15, -0.1) is 0 Å². The fourth-order valence-corrected chi connectivity index (χ4v) is 2.84. The quantitative estimate of drug-likeness (QED) is 0.819. The molecule has 6 heteroatoms. The van der Waals surface area contributed by atoms with E-state index in [1.54, 1.807) is 12.0 Å². The van der Waals surface area contributed by atoms with E-state index in [0.29, 0.717) is 25.5 Å². The van der Waals surface area contributed by atoms with Gasteiger partial charge in [0.25, 0.3) is 0 Å². The molecule has 0 aliphatic carbocycles. The standard InChI is InChI=1S/C17H18BrN3O2/c1-12-15(18)6-7-16(19-12)21-9-8-20(17(21)22)11-13-4-3-5-14(10-13)23-2/h3-7,10H,8-9,11H2,1-2H3. The molecule has 2 heterocycles. The summed E-state index contributed by atoms with van der Waals surface area (Å²) in [7, 11) is 1.64. The van der Waals surface area contributed by atoms with Gasteiger partial charge in [-0.3, -0.25) is 4.90 Å². The van der Waals surface area contributed by atoms with E-state index >= 15 is 0 Å². The summed E-state index contributed by atoms with van der Waals surface area (Å²) in [6.45, 7) is 3.83. The molecule has 1 aromatic heterocycles. The number of ether oxygens (including phenoxy) is 1. The Morgan fingerprint density at radius 1 is 1.26 bits per heavy atom. The lowest BCUT2D eigenvalue weighted by Gasteiger charge is -2.18. The van der Waals surface area contributed by atoms with Crippen molar-refractivity contribution in [2.24, 2.45) is 0 Å². The largest absolute Gasteiger partial charge is 0.497 e. The van der Waals surface area contributed by atoms with Gasteiger partial charge in [0.15, 0.2) is 0 Å². The van der Waals surface area contributed by atoms with E-state index in [0.717, 1.165) is 21.5 Å². The number of benzene rings is 1. The topological polar surface area (TPSA) is 45.7 Å². The normalized spacial score (nSPS) is 14.5. The van der Waals surface area contributed by atoms with Crippen molar-refractivity contribution in [1.29, 1.82) is 0 Å². The molecule has 3 rings (SSSR count). The van der Waals surface area contributed by atoms with Crippen molar-refractivity contribution in [3.05, 3.63) is 52.1 Å². The fourth-order valence-electron chi connectivity index (χ4n) is 2.61. The fraction of sp³-hybridized carbons (Fsp3) is 0.294. The molecule has 1 aliphatic rings. The van der Waals surface area contributed by atoms with E-state index in [-0.39, 0.29) is 6.03 Å². The molecule has 1 aromatic carbocycles. The van der Waals surface area contributed by atoms with Crippen LogP contribution >= 0.6 is 15.9 Å². The minimum atomic E-state index is -0.0120. The van der Waals surface area contributed by atoms with E-state index < -0.39 is 0 Å². The molecule has 2 aromatic rings. The summed E-state index contributed by atoms with van der Waals surface area (Å²) < 4.78 is 6.18. The summed E-state index contributed by atoms with van der Waals surface area (Å²) in [5, 5.41) is 0. The number of carbonyl (C=O) groups excluding carboxylic acids is 1. The number of rotatable bonds is 4. The predicted octanol–water partition coefficient (Wildman–Crippen LogP) is 3.60. The molecule has 0 saturated carbocycles. The van der Waals surface area contributed by atoms with Crippen molar-refractivity contribution in [1.82, 2.24) is 9.88 Å². The molecular formula is C17H18BrN3O2. The number of urea groups is 1. The van der Waals surface area contributed by atoms with Gasteiger partial charge in [0.1, 0.15) is 11.6 Å². The van der Waals surface area contributed by atoms with Gasteiger partial charge in [0.2, 0.25) is 0 Å². The summed E-state index contributed by atoms with van der Waals surface area (Å²) in [5.41, 5.74) is 1.93. The minimum Gasteiger partial charge on any atom is -0.497 e. The number of anilines is 1. The first-order chi connectivity index (χ1) is 11.1. The Hall–Kier alpha value is -2.08. The molecule has 23 heavy (non-hydrogen) atoms. The third kappa shape index (κ3) is 3.32. The van der Waals surface area contributed by atoms with E-state index in [2.05, 4.69) is 20.9 Å². The highest BCUT2D eigenvalue weighted by atomic mass is 79.9. The Kier molecular flexibility index (Phi) is 4.52. The number of methoxy groups -OCH3 is 1. The van der Waals surface area contributed by atoms with Crippen molar-refractivity contribution >= 4 is 27.8 Å². The second-order valence-electron chi connectivity index (χ2n) is 5.44. The summed E-state index contributed by atoms with van der Waals surface area (Å²) in [4.78, 5) is 20.7. The maximum absolute atomic E-state index is 12.6. The molecule has 1 fully saturated rings. The van der Waals surface area contributed by atoms with Gasteiger partial charge in [-0.05, 0) is 52.7 Å². The number of hydrogen-bond acceptors (Lipinski definition) is 3. The molecule has 2 amide bonds. The number of hydrogen-bond donors (Lipinski definition) is 0. The Bertz CT molecular complexity index is 736. The van der Waals surface area contributed by atoms with E-state index in [1.807, 2.05) is 48.2 Å². The van der Waals surface area contributed by atoms with Gasteiger partial charge < -0.3 is 9.64 Å². The lowest BCUT2D eigenvalue weighted by atomic mass is 10.2. The number of aromatic nitrogens is 1. The van der Waals surface area contributed by atoms with Crippen molar-refractivity contribution < 1.29 is 9.53 Å². The van der Waals surface area contributed by atoms with Crippen LogP contribution in [0.3, 0.4) is 0 Å². The Balaban J connectivity index is 1.74. The molecule has 0 radical (unpaired) electrons. The molecule has 0 N–H and O–H groups in total. The smallest absolute Gasteiger partial charge is 0.326 e. The summed E-state index contributed by atoms with van der Waals surface area (Å²) in [6.07, 6.45) is 0. The molecular weight excluding hydrogens is 358 g/mol. The Labute approximate surface area is 144 Å². The van der Waals surface area contributed by atoms with Gasteiger partial charge >= 0.3 is 6.03 Å². The van der Waals surface area contributed by atoms with Crippen LogP contribution in [0.4, 0.5) is 10.6 Å². The monoisotopic (exact) mass is 375 g/mol. The SMILES string of the molecule is COc1cccc(CN2CCN(c3ccc(Br)c(C)n3)C2=O)c1. The minimum absolute atomic E-state index is 0.0120. The zero-order chi connectivity index (χ0) is 16.4. The third-order valence-electron chi connectivity index (χ3n) is 3.89. The Morgan fingerprint density at radius 2 is 2.09 bits per heavy atom. The first-order valence-electron chi connectivity index (χ1n) is 7.41. The zero-order valence-corrected chi connectivity index (χ0v) is 14.7.